The summed E-state index contributed by atoms with van der Waals surface area (Å²) >= 11 is 0. The lowest BCUT2D eigenvalue weighted by Crippen LogP contribution is -2.33. The fourth-order valence-corrected chi connectivity index (χ4v) is 4.46. The van der Waals surface area contributed by atoms with E-state index in [2.05, 4.69) is 13.8 Å². The molecule has 2 N–H and O–H groups in total. The van der Waals surface area contributed by atoms with Crippen molar-refractivity contribution in [2.24, 2.45) is 5.73 Å². The summed E-state index contributed by atoms with van der Waals surface area (Å²) in [6.45, 7) is 4.73. The Morgan fingerprint density at radius 2 is 0.722 bits per heavy atom. The Balaban J connectivity index is 3.42. The predicted octanol–water partition coefficient (Wildman–Crippen LogP) is 8.80. The lowest BCUT2D eigenvalue weighted by atomic mass is 10.1. The van der Waals surface area contributed by atoms with Crippen molar-refractivity contribution >= 4 is 11.9 Å². The summed E-state index contributed by atoms with van der Waals surface area (Å²) < 4.78 is 10.5. The van der Waals surface area contributed by atoms with Gasteiger partial charge in [-0.15, -0.1) is 0 Å². The first-order chi connectivity index (χ1) is 17.6. The molecule has 0 amide bonds. The second-order valence-electron chi connectivity index (χ2n) is 10.7. The molecule has 0 heterocycles. The average Bonchev–Trinajstić information content (AvgIpc) is 2.88. The SMILES string of the molecule is CCCCCCCCCCCCCC(=O)OCC(N)COC(=O)CCCCCCCCCCCCC. The van der Waals surface area contributed by atoms with Gasteiger partial charge in [-0.2, -0.15) is 0 Å². The second-order valence-corrected chi connectivity index (χ2v) is 10.7. The Hall–Kier alpha value is -1.10. The van der Waals surface area contributed by atoms with Crippen molar-refractivity contribution in [2.45, 2.75) is 174 Å². The van der Waals surface area contributed by atoms with Crippen LogP contribution in [0.3, 0.4) is 0 Å². The van der Waals surface area contributed by atoms with Crippen molar-refractivity contribution in [3.8, 4) is 0 Å². The maximum atomic E-state index is 11.9. The molecule has 36 heavy (non-hydrogen) atoms. The molecule has 0 fully saturated rings. The van der Waals surface area contributed by atoms with Gasteiger partial charge in [0.05, 0.1) is 6.04 Å². The largest absolute Gasteiger partial charge is 0.464 e. The van der Waals surface area contributed by atoms with Crippen LogP contribution in [-0.2, 0) is 19.1 Å². The molecule has 0 aromatic heterocycles. The van der Waals surface area contributed by atoms with Crippen LogP contribution in [0.5, 0.6) is 0 Å². The van der Waals surface area contributed by atoms with Crippen LogP contribution in [0.4, 0.5) is 0 Å². The lowest BCUT2D eigenvalue weighted by Gasteiger charge is -2.13. The third-order valence-electron chi connectivity index (χ3n) is 6.89. The van der Waals surface area contributed by atoms with Gasteiger partial charge in [-0.25, -0.2) is 0 Å². The van der Waals surface area contributed by atoms with E-state index in [1.54, 1.807) is 0 Å². The van der Waals surface area contributed by atoms with Crippen LogP contribution >= 0.6 is 0 Å². The topological polar surface area (TPSA) is 78.6 Å². The van der Waals surface area contributed by atoms with E-state index in [4.69, 9.17) is 15.2 Å². The van der Waals surface area contributed by atoms with E-state index in [1.807, 2.05) is 0 Å². The van der Waals surface area contributed by atoms with Crippen molar-refractivity contribution in [2.75, 3.05) is 13.2 Å². The second kappa shape index (κ2) is 28.5. The van der Waals surface area contributed by atoms with Gasteiger partial charge in [-0.1, -0.05) is 142 Å². The zero-order valence-electron chi connectivity index (χ0n) is 24.2. The Bertz CT molecular complexity index is 441. The van der Waals surface area contributed by atoms with Gasteiger partial charge in [-0.3, -0.25) is 9.59 Å². The van der Waals surface area contributed by atoms with Crippen LogP contribution in [0, 0.1) is 0 Å². The minimum atomic E-state index is -0.451. The molecular formula is C31H61NO4. The minimum Gasteiger partial charge on any atom is -0.464 e. The number of rotatable bonds is 28. The molecule has 5 heteroatoms. The van der Waals surface area contributed by atoms with E-state index < -0.39 is 6.04 Å². The average molecular weight is 512 g/mol. The number of unbranched alkanes of at least 4 members (excludes halogenated alkanes) is 20. The smallest absolute Gasteiger partial charge is 0.305 e. The highest BCUT2D eigenvalue weighted by Crippen LogP contribution is 2.13. The molecule has 0 aromatic carbocycles. The summed E-state index contributed by atoms with van der Waals surface area (Å²) in [6.07, 6.45) is 28.6. The molecule has 0 radical (unpaired) electrons. The molecule has 0 aliphatic rings. The van der Waals surface area contributed by atoms with Gasteiger partial charge in [0.1, 0.15) is 13.2 Å². The highest BCUT2D eigenvalue weighted by Gasteiger charge is 2.11. The van der Waals surface area contributed by atoms with E-state index in [0.29, 0.717) is 12.8 Å². The van der Waals surface area contributed by atoms with E-state index in [0.717, 1.165) is 25.7 Å². The third kappa shape index (κ3) is 27.5. The van der Waals surface area contributed by atoms with Crippen LogP contribution in [0.25, 0.3) is 0 Å². The molecule has 0 unspecified atom stereocenters. The number of nitrogens with two attached hydrogens (primary N) is 1. The van der Waals surface area contributed by atoms with Gasteiger partial charge in [0.15, 0.2) is 0 Å². The molecule has 0 aromatic rings. The Kier molecular flexibility index (Phi) is 27.6. The molecule has 0 spiro atoms. The first kappa shape index (κ1) is 34.9. The normalized spacial score (nSPS) is 11.2. The van der Waals surface area contributed by atoms with E-state index in [9.17, 15) is 9.59 Å². The van der Waals surface area contributed by atoms with Gasteiger partial charge < -0.3 is 15.2 Å². The highest BCUT2D eigenvalue weighted by atomic mass is 16.5. The maximum Gasteiger partial charge on any atom is 0.305 e. The number of ether oxygens (including phenoxy) is 2. The maximum absolute atomic E-state index is 11.9. The molecule has 0 atom stereocenters. The van der Waals surface area contributed by atoms with Crippen LogP contribution in [0.1, 0.15) is 168 Å². The number of hydrogen-bond donors (Lipinski definition) is 1. The lowest BCUT2D eigenvalue weighted by molar-refractivity contribution is -0.147. The number of carbonyl (C=O) groups excluding carboxylic acids is 2. The van der Waals surface area contributed by atoms with Crippen LogP contribution in [-0.4, -0.2) is 31.2 Å². The predicted molar refractivity (Wildman–Crippen MR) is 152 cm³/mol. The number of carbonyl (C=O) groups is 2. The molecule has 0 aliphatic heterocycles. The van der Waals surface area contributed by atoms with Crippen LogP contribution < -0.4 is 5.73 Å². The summed E-state index contributed by atoms with van der Waals surface area (Å²) in [4.78, 5) is 23.8. The molecule has 0 saturated heterocycles. The van der Waals surface area contributed by atoms with Gasteiger partial charge in [0.25, 0.3) is 0 Å². The summed E-state index contributed by atoms with van der Waals surface area (Å²) in [6, 6.07) is -0.451. The van der Waals surface area contributed by atoms with Crippen molar-refractivity contribution in [3.63, 3.8) is 0 Å². The molecule has 0 aliphatic carbocycles. The van der Waals surface area contributed by atoms with Gasteiger partial charge >= 0.3 is 11.9 Å². The molecule has 0 saturated carbocycles. The van der Waals surface area contributed by atoms with Crippen molar-refractivity contribution in [1.29, 1.82) is 0 Å². The first-order valence-corrected chi connectivity index (χ1v) is 15.7. The van der Waals surface area contributed by atoms with Crippen LogP contribution in [0.15, 0.2) is 0 Å². The summed E-state index contributed by atoms with van der Waals surface area (Å²) in [5, 5.41) is 0. The first-order valence-electron chi connectivity index (χ1n) is 15.7. The zero-order valence-corrected chi connectivity index (χ0v) is 24.2. The van der Waals surface area contributed by atoms with Crippen LogP contribution in [0.2, 0.25) is 0 Å². The Labute approximate surface area is 224 Å². The third-order valence-corrected chi connectivity index (χ3v) is 6.89. The quantitative estimate of drug-likeness (QED) is 0.0838. The molecule has 0 rings (SSSR count). The standard InChI is InChI=1S/C31H61NO4/c1-3-5-7-9-11-13-15-17-19-21-23-25-30(33)35-27-29(32)28-36-31(34)26-24-22-20-18-16-14-12-10-8-6-4-2/h29H,3-28,32H2,1-2H3. The van der Waals surface area contributed by atoms with Gasteiger partial charge in [0, 0.05) is 12.8 Å². The van der Waals surface area contributed by atoms with E-state index in [1.165, 1.54) is 116 Å². The zero-order chi connectivity index (χ0) is 26.5. The number of hydrogen-bond acceptors (Lipinski definition) is 5. The van der Waals surface area contributed by atoms with Crippen molar-refractivity contribution in [3.05, 3.63) is 0 Å². The number of esters is 2. The Morgan fingerprint density at radius 1 is 0.472 bits per heavy atom. The van der Waals surface area contributed by atoms with Crippen molar-refractivity contribution < 1.29 is 19.1 Å². The van der Waals surface area contributed by atoms with Gasteiger partial charge in [-0.05, 0) is 12.8 Å². The Morgan fingerprint density at radius 3 is 1.00 bits per heavy atom. The minimum absolute atomic E-state index is 0.114. The summed E-state index contributed by atoms with van der Waals surface area (Å²) in [5.41, 5.74) is 5.94. The van der Waals surface area contributed by atoms with E-state index in [-0.39, 0.29) is 25.2 Å². The van der Waals surface area contributed by atoms with Crippen molar-refractivity contribution in [1.82, 2.24) is 0 Å². The molecule has 0 bridgehead atoms. The van der Waals surface area contributed by atoms with E-state index >= 15 is 0 Å². The molecular weight excluding hydrogens is 450 g/mol. The summed E-state index contributed by atoms with van der Waals surface area (Å²) in [7, 11) is 0. The fraction of sp³-hybridized carbons (Fsp3) is 0.935. The molecule has 214 valence electrons. The highest BCUT2D eigenvalue weighted by molar-refractivity contribution is 5.69. The molecule has 5 nitrogen and oxygen atoms in total. The van der Waals surface area contributed by atoms with Gasteiger partial charge in [0.2, 0.25) is 0 Å². The summed E-state index contributed by atoms with van der Waals surface area (Å²) in [5.74, 6) is -0.401. The fourth-order valence-electron chi connectivity index (χ4n) is 4.46. The monoisotopic (exact) mass is 511 g/mol.